The summed E-state index contributed by atoms with van der Waals surface area (Å²) >= 11 is 1.40. The van der Waals surface area contributed by atoms with E-state index in [1.165, 1.54) is 11.3 Å². The number of nitrogens with zero attached hydrogens (tertiary/aromatic N) is 3. The van der Waals surface area contributed by atoms with Crippen molar-refractivity contribution in [2.75, 3.05) is 11.9 Å². The summed E-state index contributed by atoms with van der Waals surface area (Å²) < 4.78 is 5.74. The van der Waals surface area contributed by atoms with E-state index in [-0.39, 0.29) is 6.54 Å². The third-order valence-corrected chi connectivity index (χ3v) is 4.42. The van der Waals surface area contributed by atoms with Gasteiger partial charge in [-0.05, 0) is 31.0 Å². The number of hydrogen-bond acceptors (Lipinski definition) is 7. The minimum atomic E-state index is -0.605. The maximum absolute atomic E-state index is 10.8. The van der Waals surface area contributed by atoms with Crippen LogP contribution in [0.5, 0.6) is 0 Å². The lowest BCUT2D eigenvalue weighted by atomic mass is 10.2. The van der Waals surface area contributed by atoms with Crippen LogP contribution in [0.25, 0.3) is 11.5 Å². The average molecular weight is 370 g/mol. The van der Waals surface area contributed by atoms with Crippen LogP contribution in [0.4, 0.5) is 14.9 Å². The van der Waals surface area contributed by atoms with E-state index in [4.69, 9.17) is 10.2 Å². The number of primary amides is 1. The van der Waals surface area contributed by atoms with E-state index in [0.29, 0.717) is 28.9 Å². The molecular formula is C17H18N6O2S. The number of nitrogens with two attached hydrogens (primary N) is 1. The molecule has 0 aliphatic rings. The van der Waals surface area contributed by atoms with Gasteiger partial charge in [0.25, 0.3) is 0 Å². The van der Waals surface area contributed by atoms with E-state index in [1.807, 2.05) is 18.2 Å². The number of aromatic nitrogens is 2. The van der Waals surface area contributed by atoms with Crippen molar-refractivity contribution in [3.05, 3.63) is 48.0 Å². The summed E-state index contributed by atoms with van der Waals surface area (Å²) in [5.74, 6) is 1.16. The molecule has 4 N–H and O–H groups in total. The average Bonchev–Trinajstić information content (AvgIpc) is 3.27. The molecule has 0 spiro atoms. The SMILES string of the molecule is C=Nc1nc(-c2ccc(CNC(N)=O)o2)c(NCCc2ccccn2)s1. The Morgan fingerprint density at radius 3 is 2.96 bits per heavy atom. The summed E-state index contributed by atoms with van der Waals surface area (Å²) in [5, 5.41) is 7.23. The minimum Gasteiger partial charge on any atom is -0.457 e. The number of urea groups is 1. The first-order valence-electron chi connectivity index (χ1n) is 7.89. The maximum Gasteiger partial charge on any atom is 0.312 e. The van der Waals surface area contributed by atoms with Crippen LogP contribution in [0.15, 0.2) is 45.9 Å². The molecule has 134 valence electrons. The molecule has 0 aliphatic carbocycles. The lowest BCUT2D eigenvalue weighted by Gasteiger charge is -2.05. The highest BCUT2D eigenvalue weighted by atomic mass is 32.1. The summed E-state index contributed by atoms with van der Waals surface area (Å²) in [6.07, 6.45) is 2.55. The number of hydrogen-bond donors (Lipinski definition) is 3. The molecule has 3 aromatic heterocycles. The summed E-state index contributed by atoms with van der Waals surface area (Å²) in [4.78, 5) is 23.4. The highest BCUT2D eigenvalue weighted by Gasteiger charge is 2.16. The van der Waals surface area contributed by atoms with E-state index in [0.717, 1.165) is 17.1 Å². The van der Waals surface area contributed by atoms with Gasteiger partial charge in [0.2, 0.25) is 5.13 Å². The van der Waals surface area contributed by atoms with Crippen molar-refractivity contribution >= 4 is 34.2 Å². The predicted octanol–water partition coefficient (Wildman–Crippen LogP) is 2.95. The van der Waals surface area contributed by atoms with Gasteiger partial charge >= 0.3 is 6.03 Å². The first kappa shape index (κ1) is 17.6. The molecule has 3 rings (SSSR count). The Hall–Kier alpha value is -3.20. The Morgan fingerprint density at radius 2 is 2.23 bits per heavy atom. The number of anilines is 1. The summed E-state index contributed by atoms with van der Waals surface area (Å²) in [6, 6.07) is 8.79. The van der Waals surface area contributed by atoms with E-state index in [2.05, 4.69) is 32.3 Å². The normalized spacial score (nSPS) is 10.5. The third-order valence-electron chi connectivity index (χ3n) is 3.48. The summed E-state index contributed by atoms with van der Waals surface area (Å²) in [5.41, 5.74) is 6.73. The highest BCUT2D eigenvalue weighted by Crippen LogP contribution is 2.37. The number of rotatable bonds is 8. The molecule has 0 unspecified atom stereocenters. The largest absolute Gasteiger partial charge is 0.457 e. The molecule has 2 amide bonds. The fraction of sp³-hybridized carbons (Fsp3) is 0.176. The van der Waals surface area contributed by atoms with Crippen LogP contribution in [0, 0.1) is 0 Å². The molecule has 3 heterocycles. The van der Waals surface area contributed by atoms with Crippen LogP contribution in [0.3, 0.4) is 0 Å². The molecule has 0 fully saturated rings. The van der Waals surface area contributed by atoms with Gasteiger partial charge in [0.15, 0.2) is 5.76 Å². The monoisotopic (exact) mass is 370 g/mol. The van der Waals surface area contributed by atoms with Gasteiger partial charge in [0, 0.05) is 24.9 Å². The van der Waals surface area contributed by atoms with Crippen LogP contribution in [-0.2, 0) is 13.0 Å². The number of aliphatic imine (C=N–C) groups is 1. The summed E-state index contributed by atoms with van der Waals surface area (Å²) in [7, 11) is 0. The second kappa shape index (κ2) is 8.26. The zero-order valence-corrected chi connectivity index (χ0v) is 14.8. The van der Waals surface area contributed by atoms with Crippen LogP contribution < -0.4 is 16.4 Å². The fourth-order valence-electron chi connectivity index (χ4n) is 2.29. The summed E-state index contributed by atoms with van der Waals surface area (Å²) in [6.45, 7) is 4.44. The second-order valence-electron chi connectivity index (χ2n) is 5.31. The molecule has 0 aromatic carbocycles. The number of amides is 2. The van der Waals surface area contributed by atoms with Gasteiger partial charge in [-0.3, -0.25) is 4.98 Å². The lowest BCUT2D eigenvalue weighted by Crippen LogP contribution is -2.28. The van der Waals surface area contributed by atoms with Gasteiger partial charge < -0.3 is 20.8 Å². The molecule has 0 aliphatic heterocycles. The molecule has 26 heavy (non-hydrogen) atoms. The van der Waals surface area contributed by atoms with Gasteiger partial charge in [-0.1, -0.05) is 17.4 Å². The number of furan rings is 1. The molecule has 0 atom stereocenters. The van der Waals surface area contributed by atoms with E-state index >= 15 is 0 Å². The molecule has 0 radical (unpaired) electrons. The third kappa shape index (κ3) is 4.45. The van der Waals surface area contributed by atoms with Crippen LogP contribution in [-0.4, -0.2) is 29.3 Å². The van der Waals surface area contributed by atoms with Crippen molar-refractivity contribution < 1.29 is 9.21 Å². The second-order valence-corrected chi connectivity index (χ2v) is 6.29. The predicted molar refractivity (Wildman–Crippen MR) is 102 cm³/mol. The van der Waals surface area contributed by atoms with E-state index in [9.17, 15) is 4.79 Å². The van der Waals surface area contributed by atoms with Gasteiger partial charge in [-0.2, -0.15) is 0 Å². The Labute approximate surface area is 154 Å². The highest BCUT2D eigenvalue weighted by molar-refractivity contribution is 7.19. The zero-order valence-electron chi connectivity index (χ0n) is 13.9. The molecule has 0 bridgehead atoms. The van der Waals surface area contributed by atoms with Gasteiger partial charge in [0.1, 0.15) is 16.5 Å². The molecular weight excluding hydrogens is 352 g/mol. The quantitative estimate of drug-likeness (QED) is 0.527. The number of thiazole rings is 1. The van der Waals surface area contributed by atoms with Gasteiger partial charge in [-0.15, -0.1) is 0 Å². The van der Waals surface area contributed by atoms with Crippen molar-refractivity contribution in [2.24, 2.45) is 10.7 Å². The lowest BCUT2D eigenvalue weighted by molar-refractivity contribution is 0.247. The molecule has 9 heteroatoms. The van der Waals surface area contributed by atoms with Gasteiger partial charge in [-0.25, -0.2) is 14.8 Å². The topological polar surface area (TPSA) is 118 Å². The van der Waals surface area contributed by atoms with E-state index in [1.54, 1.807) is 18.3 Å². The van der Waals surface area contributed by atoms with Crippen molar-refractivity contribution in [3.63, 3.8) is 0 Å². The standard InChI is InChI=1S/C17H18N6O2S/c1-19-17-23-14(13-6-5-12(25-13)10-22-16(18)24)15(26-17)21-9-7-11-4-2-3-8-20-11/h2-6,8,21H,1,7,9-10H2,(H3,18,22,24). The first-order valence-corrected chi connectivity index (χ1v) is 8.71. The molecule has 0 saturated carbocycles. The van der Waals surface area contributed by atoms with Crippen LogP contribution in [0.2, 0.25) is 0 Å². The van der Waals surface area contributed by atoms with Gasteiger partial charge in [0.05, 0.1) is 6.54 Å². The number of nitrogens with one attached hydrogen (secondary N) is 2. The minimum absolute atomic E-state index is 0.217. The Bertz CT molecular complexity index is 890. The Balaban J connectivity index is 1.71. The smallest absolute Gasteiger partial charge is 0.312 e. The van der Waals surface area contributed by atoms with Crippen molar-refractivity contribution in [1.29, 1.82) is 0 Å². The van der Waals surface area contributed by atoms with Crippen molar-refractivity contribution in [2.45, 2.75) is 13.0 Å². The zero-order chi connectivity index (χ0) is 18.4. The van der Waals surface area contributed by atoms with Crippen molar-refractivity contribution in [3.8, 4) is 11.5 Å². The molecule has 3 aromatic rings. The first-order chi connectivity index (χ1) is 12.7. The number of pyridine rings is 1. The van der Waals surface area contributed by atoms with Crippen LogP contribution >= 0.6 is 11.3 Å². The number of carbonyl (C=O) groups excluding carboxylic acids is 1. The fourth-order valence-corrected chi connectivity index (χ4v) is 3.09. The van der Waals surface area contributed by atoms with E-state index < -0.39 is 6.03 Å². The number of carbonyl (C=O) groups is 1. The van der Waals surface area contributed by atoms with Crippen molar-refractivity contribution in [1.82, 2.24) is 15.3 Å². The molecule has 0 saturated heterocycles. The maximum atomic E-state index is 10.8. The Kier molecular flexibility index (Phi) is 5.59. The Morgan fingerprint density at radius 1 is 1.35 bits per heavy atom. The van der Waals surface area contributed by atoms with Crippen LogP contribution in [0.1, 0.15) is 11.5 Å². The molecule has 8 nitrogen and oxygen atoms in total.